The number of fused-ring (bicyclic) bond motifs is 1. The monoisotopic (exact) mass is 470 g/mol. The van der Waals surface area contributed by atoms with Gasteiger partial charge >= 0.3 is 0 Å². The van der Waals surface area contributed by atoms with Crippen LogP contribution in [0.2, 0.25) is 0 Å². The van der Waals surface area contributed by atoms with Crippen LogP contribution in [0.5, 0.6) is 0 Å². The van der Waals surface area contributed by atoms with Gasteiger partial charge in [0.15, 0.2) is 17.3 Å². The number of rotatable bonds is 10. The highest BCUT2D eigenvalue weighted by atomic mass is 16.1. The summed E-state index contributed by atoms with van der Waals surface area (Å²) in [6, 6.07) is 0. The normalized spacial score (nSPS) is 14.1. The van der Waals surface area contributed by atoms with Crippen LogP contribution in [-0.4, -0.2) is 38.7 Å². The molecule has 0 saturated carbocycles. The Balaban J connectivity index is 1.94. The van der Waals surface area contributed by atoms with Crippen LogP contribution in [0.3, 0.4) is 0 Å². The quantitative estimate of drug-likeness (QED) is 0.409. The summed E-state index contributed by atoms with van der Waals surface area (Å²) >= 11 is 0. The van der Waals surface area contributed by atoms with Crippen LogP contribution in [0.15, 0.2) is 16.4 Å². The smallest absolute Gasteiger partial charge is 0.225 e. The van der Waals surface area contributed by atoms with Crippen molar-refractivity contribution in [3.63, 3.8) is 0 Å². The molecule has 34 heavy (non-hydrogen) atoms. The molecule has 11 nitrogen and oxygen atoms in total. The number of aromatic nitrogens is 4. The van der Waals surface area contributed by atoms with E-state index in [-0.39, 0.29) is 11.3 Å². The summed E-state index contributed by atoms with van der Waals surface area (Å²) in [5, 5.41) is 16.4. The highest BCUT2D eigenvalue weighted by molar-refractivity contribution is 5.92. The van der Waals surface area contributed by atoms with Crippen LogP contribution < -0.4 is 21.1 Å². The summed E-state index contributed by atoms with van der Waals surface area (Å²) in [7, 11) is 0. The molecule has 0 fully saturated rings. The van der Waals surface area contributed by atoms with Crippen molar-refractivity contribution >= 4 is 34.9 Å². The van der Waals surface area contributed by atoms with Gasteiger partial charge < -0.3 is 10.2 Å². The third-order valence-corrected chi connectivity index (χ3v) is 5.61. The van der Waals surface area contributed by atoms with Crippen LogP contribution >= 0.6 is 0 Å². The Kier molecular flexibility index (Phi) is 7.42. The molecule has 0 aromatic carbocycles. The number of hydrogen-bond donors (Lipinski definition) is 3. The van der Waals surface area contributed by atoms with Crippen LogP contribution in [0.4, 0.5) is 29.0 Å². The van der Waals surface area contributed by atoms with E-state index in [2.05, 4.69) is 70.9 Å². The molecule has 0 unspecified atom stereocenters. The van der Waals surface area contributed by atoms with E-state index in [1.807, 2.05) is 18.5 Å². The molecule has 0 radical (unpaired) electrons. The third kappa shape index (κ3) is 5.28. The van der Waals surface area contributed by atoms with Gasteiger partial charge in [0.2, 0.25) is 11.7 Å². The zero-order chi connectivity index (χ0) is 25.1. The molecule has 3 N–H and O–H groups in total. The molecule has 3 heterocycles. The van der Waals surface area contributed by atoms with Crippen molar-refractivity contribution in [2.45, 2.75) is 85.7 Å². The number of nitrogens with zero attached hydrogens (tertiary/aromatic N) is 7. The lowest BCUT2D eigenvalue weighted by Gasteiger charge is -2.23. The number of amides is 1. The maximum absolute atomic E-state index is 12.2. The summed E-state index contributed by atoms with van der Waals surface area (Å²) < 4.78 is 1.82. The highest BCUT2D eigenvalue weighted by Crippen LogP contribution is 2.43. The second kappa shape index (κ2) is 9.94. The fourth-order valence-electron chi connectivity index (χ4n) is 3.57. The minimum Gasteiger partial charge on any atom is -0.356 e. The molecule has 2 aromatic heterocycles. The molecule has 0 spiro atoms. The fraction of sp³-hybridized carbons (Fsp3) is 0.652. The number of carbonyl (C=O) groups is 1. The maximum Gasteiger partial charge on any atom is 0.225 e. The van der Waals surface area contributed by atoms with Crippen LogP contribution in [0, 0.1) is 0 Å². The minimum atomic E-state index is -0.556. The number of nitrogens with one attached hydrogen (secondary N) is 3. The second-order valence-electron chi connectivity index (χ2n) is 9.91. The van der Waals surface area contributed by atoms with Gasteiger partial charge in [-0.3, -0.25) is 15.6 Å². The summed E-state index contributed by atoms with van der Waals surface area (Å²) in [5.41, 5.74) is 7.14. The summed E-state index contributed by atoms with van der Waals surface area (Å²) in [6.45, 7) is 17.9. The predicted octanol–water partition coefficient (Wildman–Crippen LogP) is 5.17. The van der Waals surface area contributed by atoms with Crippen molar-refractivity contribution in [2.24, 2.45) is 10.2 Å². The average molecular weight is 471 g/mol. The molecule has 1 aliphatic rings. The lowest BCUT2D eigenvalue weighted by Crippen LogP contribution is -2.26. The summed E-state index contributed by atoms with van der Waals surface area (Å²) in [4.78, 5) is 23.7. The van der Waals surface area contributed by atoms with E-state index in [1.54, 1.807) is 13.1 Å². The molecule has 0 bridgehead atoms. The lowest BCUT2D eigenvalue weighted by molar-refractivity contribution is -0.115. The molecule has 0 saturated heterocycles. The average Bonchev–Trinajstić information content (AvgIpc) is 3.31. The van der Waals surface area contributed by atoms with Crippen molar-refractivity contribution in [1.29, 1.82) is 0 Å². The van der Waals surface area contributed by atoms with Gasteiger partial charge in [0.25, 0.3) is 0 Å². The zero-order valence-electron chi connectivity index (χ0n) is 21.7. The van der Waals surface area contributed by atoms with Gasteiger partial charge in [0.05, 0.1) is 11.9 Å². The number of anilines is 4. The van der Waals surface area contributed by atoms with Crippen molar-refractivity contribution in [3.05, 3.63) is 11.9 Å². The Hall–Kier alpha value is -3.24. The molecular formula is C23H38N10O. The molecular weight excluding hydrogens is 432 g/mol. The first-order chi connectivity index (χ1) is 16.0. The minimum absolute atomic E-state index is 0.136. The first-order valence-electron chi connectivity index (χ1n) is 12.0. The number of hydrogen-bond acceptors (Lipinski definition) is 9. The van der Waals surface area contributed by atoms with Gasteiger partial charge in [0, 0.05) is 24.9 Å². The van der Waals surface area contributed by atoms with Gasteiger partial charge in [-0.1, -0.05) is 41.0 Å². The number of unbranched alkanes of at least 4 members (excludes halogenated alkanes) is 1. The van der Waals surface area contributed by atoms with Gasteiger partial charge in [-0.25, -0.2) is 14.6 Å². The van der Waals surface area contributed by atoms with Crippen molar-refractivity contribution in [2.75, 3.05) is 34.2 Å². The van der Waals surface area contributed by atoms with Crippen molar-refractivity contribution < 1.29 is 4.79 Å². The Morgan fingerprint density at radius 1 is 1.15 bits per heavy atom. The van der Waals surface area contributed by atoms with Gasteiger partial charge in [-0.15, -0.1) is 5.11 Å². The largest absolute Gasteiger partial charge is 0.356 e. The van der Waals surface area contributed by atoms with Crippen LogP contribution in [0.1, 0.15) is 80.3 Å². The van der Waals surface area contributed by atoms with Crippen LogP contribution in [0.25, 0.3) is 0 Å². The second-order valence-corrected chi connectivity index (χ2v) is 9.91. The summed E-state index contributed by atoms with van der Waals surface area (Å²) in [6.07, 6.45) is 4.21. The van der Waals surface area contributed by atoms with E-state index in [9.17, 15) is 4.79 Å². The maximum atomic E-state index is 12.2. The van der Waals surface area contributed by atoms with Crippen LogP contribution in [-0.2, 0) is 15.9 Å². The summed E-state index contributed by atoms with van der Waals surface area (Å²) in [5.74, 6) is 2.01. The Bertz CT molecular complexity index is 1050. The number of hydrazine groups is 1. The molecule has 186 valence electrons. The SMILES string of the molecule is CCCCN(CC)c1cnc(NNc2c(C(C)(C)C)nn3c2N=NC3(C)C)c(NC(=O)CC)n1. The molecule has 3 rings (SSSR count). The van der Waals surface area contributed by atoms with E-state index < -0.39 is 5.66 Å². The molecule has 2 aromatic rings. The van der Waals surface area contributed by atoms with E-state index >= 15 is 0 Å². The molecule has 0 aliphatic carbocycles. The van der Waals surface area contributed by atoms with E-state index in [0.717, 1.165) is 43.1 Å². The van der Waals surface area contributed by atoms with Crippen molar-refractivity contribution in [1.82, 2.24) is 19.7 Å². The number of azo groups is 1. The Morgan fingerprint density at radius 2 is 1.88 bits per heavy atom. The van der Waals surface area contributed by atoms with Crippen molar-refractivity contribution in [3.8, 4) is 0 Å². The molecule has 11 heteroatoms. The fourth-order valence-corrected chi connectivity index (χ4v) is 3.57. The Labute approximate surface area is 201 Å². The Morgan fingerprint density at radius 3 is 2.50 bits per heavy atom. The van der Waals surface area contributed by atoms with Gasteiger partial charge in [-0.05, 0) is 27.2 Å². The number of carbonyl (C=O) groups excluding carboxylic acids is 1. The molecule has 1 aliphatic heterocycles. The zero-order valence-corrected chi connectivity index (χ0v) is 21.7. The van der Waals surface area contributed by atoms with Gasteiger partial charge in [-0.2, -0.15) is 10.2 Å². The molecule has 1 amide bonds. The third-order valence-electron chi connectivity index (χ3n) is 5.61. The molecule has 0 atom stereocenters. The predicted molar refractivity (Wildman–Crippen MR) is 136 cm³/mol. The topological polar surface area (TPSA) is 125 Å². The first kappa shape index (κ1) is 25.4. The lowest BCUT2D eigenvalue weighted by atomic mass is 9.91. The van der Waals surface area contributed by atoms with E-state index in [0.29, 0.717) is 23.9 Å². The first-order valence-corrected chi connectivity index (χ1v) is 12.0. The van der Waals surface area contributed by atoms with E-state index in [4.69, 9.17) is 10.1 Å². The van der Waals surface area contributed by atoms with Gasteiger partial charge in [0.1, 0.15) is 11.5 Å². The highest BCUT2D eigenvalue weighted by Gasteiger charge is 2.36. The standard InChI is InChI=1S/C23H38N10O/c1-9-12-13-32(11-3)15-14-24-19(20(25-15)26-16(34)10-2)28-27-17-18(22(4,5)6)30-33-21(17)29-31-23(33,7)8/h14,27H,9-13H2,1-8H3,(H,24,28)(H,25,26,34). The van der Waals surface area contributed by atoms with E-state index in [1.165, 1.54) is 0 Å².